The molecule has 96 valence electrons. The van der Waals surface area contributed by atoms with E-state index in [4.69, 9.17) is 5.11 Å². The number of hydrogen-bond acceptors (Lipinski definition) is 3. The Morgan fingerprint density at radius 1 is 1.31 bits per heavy atom. The number of nitrogens with one attached hydrogen (secondary N) is 1. The largest absolute Gasteiger partial charge is 0.480 e. The lowest BCUT2D eigenvalue weighted by molar-refractivity contribution is -0.139. The first-order valence-corrected chi connectivity index (χ1v) is 6.84. The minimum atomic E-state index is -0.812. The topological polar surface area (TPSA) is 49.3 Å². The molecule has 0 aromatic rings. The second-order valence-corrected chi connectivity index (χ2v) is 4.71. The lowest BCUT2D eigenvalue weighted by Crippen LogP contribution is -2.43. The van der Waals surface area contributed by atoms with E-state index in [2.05, 4.69) is 24.9 Å². The molecule has 0 saturated heterocycles. The zero-order valence-corrected chi connectivity index (χ0v) is 11.3. The lowest BCUT2D eigenvalue weighted by Gasteiger charge is -2.18. The number of carboxylic acids is 1. The van der Waals surface area contributed by atoms with Crippen molar-refractivity contribution in [3.8, 4) is 0 Å². The highest BCUT2D eigenvalue weighted by molar-refractivity contribution is 7.80. The quantitative estimate of drug-likeness (QED) is 0.411. The molecule has 0 heterocycles. The molecule has 16 heavy (non-hydrogen) atoms. The molecule has 0 spiro atoms. The van der Waals surface area contributed by atoms with E-state index in [1.807, 2.05) is 6.92 Å². The average Bonchev–Trinajstić information content (AvgIpc) is 2.25. The van der Waals surface area contributed by atoms with Gasteiger partial charge >= 0.3 is 5.97 Å². The highest BCUT2D eigenvalue weighted by atomic mass is 32.1. The number of hydrogen-bond donors (Lipinski definition) is 3. The van der Waals surface area contributed by atoms with Crippen LogP contribution in [-0.2, 0) is 4.79 Å². The van der Waals surface area contributed by atoms with E-state index in [1.165, 1.54) is 32.1 Å². The minimum Gasteiger partial charge on any atom is -0.480 e. The monoisotopic (exact) mass is 247 g/mol. The third-order valence-electron chi connectivity index (χ3n) is 2.71. The summed E-state index contributed by atoms with van der Waals surface area (Å²) < 4.78 is 0. The van der Waals surface area contributed by atoms with Crippen LogP contribution in [0.5, 0.6) is 0 Å². The van der Waals surface area contributed by atoms with Crippen LogP contribution in [-0.4, -0.2) is 28.9 Å². The van der Waals surface area contributed by atoms with Gasteiger partial charge in [0.1, 0.15) is 6.04 Å². The summed E-state index contributed by atoms with van der Waals surface area (Å²) in [6.45, 7) is 4.24. The third kappa shape index (κ3) is 7.99. The van der Waals surface area contributed by atoms with Crippen LogP contribution in [0.4, 0.5) is 0 Å². The van der Waals surface area contributed by atoms with Crippen LogP contribution in [0.25, 0.3) is 0 Å². The first kappa shape index (κ1) is 15.8. The molecule has 3 nitrogen and oxygen atoms in total. The van der Waals surface area contributed by atoms with Gasteiger partial charge in [0.05, 0.1) is 0 Å². The molecule has 0 rings (SSSR count). The summed E-state index contributed by atoms with van der Waals surface area (Å²) in [6, 6.07) is -0.260. The van der Waals surface area contributed by atoms with Crippen LogP contribution < -0.4 is 5.32 Å². The van der Waals surface area contributed by atoms with Crippen LogP contribution in [0.3, 0.4) is 0 Å². The van der Waals surface area contributed by atoms with Crippen molar-refractivity contribution in [1.29, 1.82) is 0 Å². The molecule has 0 bridgehead atoms. The SMILES string of the molecule is CCCCCCCC(C)NC(CS)C(=O)O. The van der Waals surface area contributed by atoms with E-state index in [1.54, 1.807) is 0 Å². The molecule has 0 amide bonds. The molecule has 0 fully saturated rings. The second-order valence-electron chi connectivity index (χ2n) is 4.34. The van der Waals surface area contributed by atoms with E-state index >= 15 is 0 Å². The van der Waals surface area contributed by atoms with Crippen LogP contribution >= 0.6 is 12.6 Å². The Morgan fingerprint density at radius 3 is 2.44 bits per heavy atom. The average molecular weight is 247 g/mol. The fraction of sp³-hybridized carbons (Fsp3) is 0.917. The number of unbranched alkanes of at least 4 members (excludes halogenated alkanes) is 4. The molecule has 2 unspecified atom stereocenters. The minimum absolute atomic E-state index is 0.259. The van der Waals surface area contributed by atoms with E-state index in [9.17, 15) is 4.79 Å². The first-order chi connectivity index (χ1) is 7.61. The lowest BCUT2D eigenvalue weighted by atomic mass is 10.1. The third-order valence-corrected chi connectivity index (χ3v) is 3.07. The van der Waals surface area contributed by atoms with Crippen molar-refractivity contribution < 1.29 is 9.90 Å². The summed E-state index contributed by atoms with van der Waals surface area (Å²) in [5.74, 6) is -0.469. The summed E-state index contributed by atoms with van der Waals surface area (Å²) in [5, 5.41) is 11.9. The van der Waals surface area contributed by atoms with E-state index in [-0.39, 0.29) is 6.04 Å². The molecular formula is C12H25NO2S. The molecule has 0 saturated carbocycles. The zero-order chi connectivity index (χ0) is 12.4. The number of rotatable bonds is 10. The van der Waals surface area contributed by atoms with E-state index in [0.717, 1.165) is 6.42 Å². The standard InChI is InChI=1S/C12H25NO2S/c1-3-4-5-6-7-8-10(2)13-11(9-16)12(14)15/h10-11,13,16H,3-9H2,1-2H3,(H,14,15). The summed E-state index contributed by atoms with van der Waals surface area (Å²) in [4.78, 5) is 10.8. The Kier molecular flexibility index (Phi) is 9.83. The molecule has 0 aliphatic rings. The van der Waals surface area contributed by atoms with Gasteiger partial charge in [-0.05, 0) is 13.3 Å². The van der Waals surface area contributed by atoms with Gasteiger partial charge < -0.3 is 10.4 Å². The fourth-order valence-electron chi connectivity index (χ4n) is 1.68. The molecule has 0 radical (unpaired) electrons. The molecule has 0 aromatic heterocycles. The van der Waals surface area contributed by atoms with Crippen LogP contribution in [0.15, 0.2) is 0 Å². The van der Waals surface area contributed by atoms with Crippen LogP contribution in [0, 0.1) is 0 Å². The van der Waals surface area contributed by atoms with Gasteiger partial charge in [-0.3, -0.25) is 4.79 Å². The van der Waals surface area contributed by atoms with Gasteiger partial charge in [-0.25, -0.2) is 0 Å². The van der Waals surface area contributed by atoms with Gasteiger partial charge in [0, 0.05) is 11.8 Å². The number of aliphatic carboxylic acids is 1. The maximum atomic E-state index is 10.8. The molecule has 2 N–H and O–H groups in total. The highest BCUT2D eigenvalue weighted by Crippen LogP contribution is 2.07. The van der Waals surface area contributed by atoms with Gasteiger partial charge in [-0.1, -0.05) is 39.0 Å². The highest BCUT2D eigenvalue weighted by Gasteiger charge is 2.16. The van der Waals surface area contributed by atoms with Gasteiger partial charge in [0.2, 0.25) is 0 Å². The van der Waals surface area contributed by atoms with Crippen molar-refractivity contribution in [1.82, 2.24) is 5.32 Å². The number of thiol groups is 1. The van der Waals surface area contributed by atoms with Gasteiger partial charge in [-0.15, -0.1) is 0 Å². The van der Waals surface area contributed by atoms with Gasteiger partial charge in [-0.2, -0.15) is 12.6 Å². The number of carbonyl (C=O) groups is 1. The van der Waals surface area contributed by atoms with Gasteiger partial charge in [0.25, 0.3) is 0 Å². The molecular weight excluding hydrogens is 222 g/mol. The predicted octanol–water partition coefficient (Wildman–Crippen LogP) is 2.71. The molecule has 0 aromatic carbocycles. The molecule has 4 heteroatoms. The zero-order valence-electron chi connectivity index (χ0n) is 10.4. The van der Waals surface area contributed by atoms with Crippen LogP contribution in [0.1, 0.15) is 52.4 Å². The van der Waals surface area contributed by atoms with Crippen molar-refractivity contribution in [3.63, 3.8) is 0 Å². The summed E-state index contributed by atoms with van der Waals surface area (Å²) >= 11 is 4.02. The Labute approximate surface area is 104 Å². The second kappa shape index (κ2) is 9.97. The van der Waals surface area contributed by atoms with Crippen molar-refractivity contribution in [2.45, 2.75) is 64.5 Å². The molecule has 0 aliphatic heterocycles. The van der Waals surface area contributed by atoms with Crippen molar-refractivity contribution in [2.75, 3.05) is 5.75 Å². The molecule has 0 aliphatic carbocycles. The summed E-state index contributed by atoms with van der Waals surface area (Å²) in [7, 11) is 0. The predicted molar refractivity (Wildman–Crippen MR) is 71.3 cm³/mol. The summed E-state index contributed by atoms with van der Waals surface area (Å²) in [6.07, 6.45) is 7.32. The Morgan fingerprint density at radius 2 is 1.94 bits per heavy atom. The van der Waals surface area contributed by atoms with Crippen molar-refractivity contribution in [3.05, 3.63) is 0 Å². The molecule has 2 atom stereocenters. The van der Waals surface area contributed by atoms with E-state index < -0.39 is 12.0 Å². The van der Waals surface area contributed by atoms with Crippen LogP contribution in [0.2, 0.25) is 0 Å². The Bertz CT molecular complexity index is 188. The smallest absolute Gasteiger partial charge is 0.321 e. The summed E-state index contributed by atoms with van der Waals surface area (Å²) in [5.41, 5.74) is 0. The van der Waals surface area contributed by atoms with E-state index in [0.29, 0.717) is 5.75 Å². The maximum absolute atomic E-state index is 10.8. The van der Waals surface area contributed by atoms with Crippen molar-refractivity contribution >= 4 is 18.6 Å². The normalized spacial score (nSPS) is 14.7. The fourth-order valence-corrected chi connectivity index (χ4v) is 1.94. The maximum Gasteiger partial charge on any atom is 0.321 e. The van der Waals surface area contributed by atoms with Crippen molar-refractivity contribution in [2.24, 2.45) is 0 Å². The number of carboxylic acid groups (broad SMARTS) is 1. The Hall–Kier alpha value is -0.220. The van der Waals surface area contributed by atoms with Gasteiger partial charge in [0.15, 0.2) is 0 Å². The first-order valence-electron chi connectivity index (χ1n) is 6.21. The Balaban J connectivity index is 3.56.